The Kier molecular flexibility index (Phi) is 7.44. The number of hydrogen-bond donors (Lipinski definition) is 1. The molecule has 0 saturated heterocycles. The smallest absolute Gasteiger partial charge is 0.236 e. The molecule has 8 nitrogen and oxygen atoms in total. The maximum absolute atomic E-state index is 13.8. The molecule has 0 radical (unpaired) electrons. The second-order valence-electron chi connectivity index (χ2n) is 6.85. The molecule has 0 saturated carbocycles. The number of anilines is 1. The third-order valence-corrected chi connectivity index (χ3v) is 5.79. The van der Waals surface area contributed by atoms with Gasteiger partial charge in [0.25, 0.3) is 0 Å². The molecule has 0 atom stereocenters. The van der Waals surface area contributed by atoms with Gasteiger partial charge in [0.1, 0.15) is 24.0 Å². The average Bonchev–Trinajstić information content (AvgIpc) is 3.29. The molecule has 0 bridgehead atoms. The van der Waals surface area contributed by atoms with E-state index in [2.05, 4.69) is 21.6 Å². The van der Waals surface area contributed by atoms with Crippen LogP contribution in [0.3, 0.4) is 0 Å². The van der Waals surface area contributed by atoms with Crippen LogP contribution in [0.15, 0.2) is 35.7 Å². The van der Waals surface area contributed by atoms with Crippen molar-refractivity contribution in [3.05, 3.63) is 53.2 Å². The Hall–Kier alpha value is -3.16. The maximum Gasteiger partial charge on any atom is 0.236 e. The van der Waals surface area contributed by atoms with E-state index < -0.39 is 5.82 Å². The van der Waals surface area contributed by atoms with Crippen LogP contribution in [-0.2, 0) is 16.1 Å². The lowest BCUT2D eigenvalue weighted by molar-refractivity contribution is -0.113. The van der Waals surface area contributed by atoms with Crippen LogP contribution in [-0.4, -0.2) is 44.7 Å². The van der Waals surface area contributed by atoms with Gasteiger partial charge in [-0.15, -0.1) is 10.2 Å². The fourth-order valence-electron chi connectivity index (χ4n) is 3.19. The minimum absolute atomic E-state index is 0.0836. The summed E-state index contributed by atoms with van der Waals surface area (Å²) in [6.07, 6.45) is 2.42. The number of ether oxygens (including phenoxy) is 1. The highest BCUT2D eigenvalue weighted by Gasteiger charge is 2.21. The molecule has 0 unspecified atom stereocenters. The van der Waals surface area contributed by atoms with Gasteiger partial charge in [-0.2, -0.15) is 5.26 Å². The number of nitriles is 1. The third-order valence-electron chi connectivity index (χ3n) is 4.81. The molecule has 0 fully saturated rings. The van der Waals surface area contributed by atoms with Crippen LogP contribution < -0.4 is 5.32 Å². The lowest BCUT2D eigenvalue weighted by Gasteiger charge is -2.13. The largest absolute Gasteiger partial charge is 0.385 e. The number of aromatic nitrogens is 4. The van der Waals surface area contributed by atoms with Crippen molar-refractivity contribution in [1.82, 2.24) is 19.3 Å². The Morgan fingerprint density at radius 1 is 1.39 bits per heavy atom. The van der Waals surface area contributed by atoms with Crippen LogP contribution in [0.25, 0.3) is 5.69 Å². The molecule has 1 N–H and O–H groups in total. The highest BCUT2D eigenvalue weighted by molar-refractivity contribution is 7.99. The van der Waals surface area contributed by atoms with E-state index in [9.17, 15) is 14.4 Å². The molecule has 1 aromatic carbocycles. The normalized spacial score (nSPS) is 10.8. The standard InChI is InChI=1S/C21H23FN6O2S/c1-14-15(2)28(17-7-4-6-16(22)10-17)20(18(14)11-23)25-19(29)12-31-21-26-24-13-27(21)8-5-9-30-3/h4,6-7,10,13H,5,8-9,12H2,1-3H3,(H,25,29). The molecule has 31 heavy (non-hydrogen) atoms. The Bertz CT molecular complexity index is 1120. The van der Waals surface area contributed by atoms with Crippen molar-refractivity contribution in [3.8, 4) is 11.8 Å². The zero-order chi connectivity index (χ0) is 22.4. The van der Waals surface area contributed by atoms with Crippen molar-refractivity contribution in [3.63, 3.8) is 0 Å². The zero-order valence-corrected chi connectivity index (χ0v) is 18.4. The highest BCUT2D eigenvalue weighted by Crippen LogP contribution is 2.30. The van der Waals surface area contributed by atoms with Gasteiger partial charge in [-0.1, -0.05) is 17.8 Å². The predicted molar refractivity (Wildman–Crippen MR) is 116 cm³/mol. The SMILES string of the molecule is COCCCn1cnnc1SCC(=O)Nc1c(C#N)c(C)c(C)n1-c1cccc(F)c1. The second kappa shape index (κ2) is 10.2. The number of halogens is 1. The second-order valence-corrected chi connectivity index (χ2v) is 7.79. The zero-order valence-electron chi connectivity index (χ0n) is 17.6. The van der Waals surface area contributed by atoms with Gasteiger partial charge in [-0.3, -0.25) is 9.36 Å². The molecule has 2 heterocycles. The number of benzene rings is 1. The van der Waals surface area contributed by atoms with Crippen molar-refractivity contribution < 1.29 is 13.9 Å². The summed E-state index contributed by atoms with van der Waals surface area (Å²) < 4.78 is 22.4. The van der Waals surface area contributed by atoms with Gasteiger partial charge in [-0.25, -0.2) is 4.39 Å². The molecular formula is C21H23FN6O2S. The van der Waals surface area contributed by atoms with Crippen LogP contribution in [0, 0.1) is 31.0 Å². The number of hydrogen-bond acceptors (Lipinski definition) is 6. The number of carbonyl (C=O) groups is 1. The molecule has 3 aromatic rings. The van der Waals surface area contributed by atoms with Crippen LogP contribution in [0.2, 0.25) is 0 Å². The Morgan fingerprint density at radius 2 is 2.19 bits per heavy atom. The van der Waals surface area contributed by atoms with Gasteiger partial charge >= 0.3 is 0 Å². The van der Waals surface area contributed by atoms with E-state index in [-0.39, 0.29) is 11.7 Å². The van der Waals surface area contributed by atoms with Crippen LogP contribution in [0.5, 0.6) is 0 Å². The molecule has 0 aliphatic rings. The van der Waals surface area contributed by atoms with Gasteiger partial charge in [0.05, 0.1) is 17.0 Å². The van der Waals surface area contributed by atoms with Crippen molar-refractivity contribution in [2.24, 2.45) is 0 Å². The summed E-state index contributed by atoms with van der Waals surface area (Å²) in [6.45, 7) is 4.93. The third kappa shape index (κ3) is 5.13. The summed E-state index contributed by atoms with van der Waals surface area (Å²) >= 11 is 1.25. The van der Waals surface area contributed by atoms with Gasteiger partial charge in [-0.05, 0) is 44.0 Å². The van der Waals surface area contributed by atoms with Crippen molar-refractivity contribution in [2.75, 3.05) is 24.8 Å². The number of thioether (sulfide) groups is 1. The van der Waals surface area contributed by atoms with Crippen LogP contribution >= 0.6 is 11.8 Å². The minimum Gasteiger partial charge on any atom is -0.385 e. The first-order chi connectivity index (χ1) is 15.0. The molecule has 0 aliphatic heterocycles. The van der Waals surface area contributed by atoms with Gasteiger partial charge in [0.15, 0.2) is 5.16 Å². The molecular weight excluding hydrogens is 419 g/mol. The molecule has 0 spiro atoms. The number of methoxy groups -OCH3 is 1. The summed E-state index contributed by atoms with van der Waals surface area (Å²) in [7, 11) is 1.64. The topological polar surface area (TPSA) is 97.8 Å². The highest BCUT2D eigenvalue weighted by atomic mass is 32.2. The first-order valence-corrected chi connectivity index (χ1v) is 10.6. The fraction of sp³-hybridized carbons (Fsp3) is 0.333. The summed E-state index contributed by atoms with van der Waals surface area (Å²) in [6, 6.07) is 8.17. The number of nitrogens with one attached hydrogen (secondary N) is 1. The maximum atomic E-state index is 13.8. The number of amides is 1. The van der Waals surface area contributed by atoms with Gasteiger partial charge in [0.2, 0.25) is 5.91 Å². The Balaban J connectivity index is 1.78. The van der Waals surface area contributed by atoms with E-state index in [0.29, 0.717) is 35.4 Å². The van der Waals surface area contributed by atoms with Crippen molar-refractivity contribution in [2.45, 2.75) is 32.0 Å². The molecule has 0 aliphatic carbocycles. The van der Waals surface area contributed by atoms with Gasteiger partial charge < -0.3 is 14.6 Å². The predicted octanol–water partition coefficient (Wildman–Crippen LogP) is 3.46. The van der Waals surface area contributed by atoms with E-state index in [0.717, 1.165) is 17.7 Å². The number of nitrogens with zero attached hydrogens (tertiary/aromatic N) is 5. The van der Waals surface area contributed by atoms with E-state index in [4.69, 9.17) is 4.74 Å². The monoisotopic (exact) mass is 442 g/mol. The quantitative estimate of drug-likeness (QED) is 0.403. The summed E-state index contributed by atoms with van der Waals surface area (Å²) in [5.41, 5.74) is 2.36. The lowest BCUT2D eigenvalue weighted by atomic mass is 10.2. The van der Waals surface area contributed by atoms with Gasteiger partial charge in [0, 0.05) is 26.0 Å². The lowest BCUT2D eigenvalue weighted by Crippen LogP contribution is -2.18. The van der Waals surface area contributed by atoms with E-state index in [1.54, 1.807) is 37.1 Å². The molecule has 1 amide bonds. The number of aryl methyl sites for hydroxylation is 1. The summed E-state index contributed by atoms with van der Waals surface area (Å²) in [5.74, 6) is -0.291. The average molecular weight is 443 g/mol. The first kappa shape index (κ1) is 22.5. The Labute approximate surface area is 184 Å². The minimum atomic E-state index is -0.401. The van der Waals surface area contributed by atoms with E-state index in [1.165, 1.54) is 23.9 Å². The van der Waals surface area contributed by atoms with Crippen LogP contribution in [0.4, 0.5) is 10.2 Å². The first-order valence-electron chi connectivity index (χ1n) is 9.63. The molecule has 162 valence electrons. The van der Waals surface area contributed by atoms with E-state index >= 15 is 0 Å². The Morgan fingerprint density at radius 3 is 2.90 bits per heavy atom. The van der Waals surface area contributed by atoms with Crippen molar-refractivity contribution in [1.29, 1.82) is 5.26 Å². The summed E-state index contributed by atoms with van der Waals surface area (Å²) in [4.78, 5) is 12.7. The molecule has 10 heteroatoms. The van der Waals surface area contributed by atoms with E-state index in [1.807, 2.05) is 11.5 Å². The number of rotatable bonds is 9. The van der Waals surface area contributed by atoms with Crippen molar-refractivity contribution >= 4 is 23.5 Å². The number of carbonyl (C=O) groups excluding carboxylic acids is 1. The summed E-state index contributed by atoms with van der Waals surface area (Å²) in [5, 5.41) is 21.1. The molecule has 3 rings (SSSR count). The van der Waals surface area contributed by atoms with Crippen LogP contribution in [0.1, 0.15) is 23.2 Å². The molecule has 2 aromatic heterocycles. The fourth-order valence-corrected chi connectivity index (χ4v) is 3.93.